The number of nitrogens with zero attached hydrogens (tertiary/aromatic N) is 2. The molecule has 0 aliphatic carbocycles. The molecule has 0 saturated heterocycles. The van der Waals surface area contributed by atoms with Crippen molar-refractivity contribution >= 4 is 23.8 Å². The molecule has 0 saturated carbocycles. The van der Waals surface area contributed by atoms with E-state index in [1.165, 1.54) is 32.9 Å². The maximum Gasteiger partial charge on any atom is 0.0452 e. The third-order valence-corrected chi connectivity index (χ3v) is 7.73. The van der Waals surface area contributed by atoms with Crippen molar-refractivity contribution in [1.29, 1.82) is 0 Å². The van der Waals surface area contributed by atoms with Gasteiger partial charge in [-0.05, 0) is 37.1 Å². The smallest absolute Gasteiger partial charge is 0.0452 e. The van der Waals surface area contributed by atoms with Crippen molar-refractivity contribution in [1.82, 2.24) is 4.68 Å². The van der Waals surface area contributed by atoms with E-state index in [1.54, 1.807) is 0 Å². The lowest BCUT2D eigenvalue weighted by atomic mass is 10.1. The van der Waals surface area contributed by atoms with Crippen LogP contribution in [0.2, 0.25) is 0 Å². The predicted octanol–water partition coefficient (Wildman–Crippen LogP) is 4.34. The third kappa shape index (κ3) is 4.13. The Balaban J connectivity index is 1.86. The molecule has 2 nitrogen and oxygen atoms in total. The molecule has 0 radical (unpaired) electrons. The Kier molecular flexibility index (Phi) is 5.83. The van der Waals surface area contributed by atoms with Crippen molar-refractivity contribution in [2.24, 2.45) is 0 Å². The fourth-order valence-electron chi connectivity index (χ4n) is 3.94. The van der Waals surface area contributed by atoms with Crippen molar-refractivity contribution in [2.75, 3.05) is 19.1 Å². The van der Waals surface area contributed by atoms with Gasteiger partial charge >= 0.3 is 0 Å². The second kappa shape index (κ2) is 8.68. The van der Waals surface area contributed by atoms with Crippen LogP contribution in [-0.4, -0.2) is 18.8 Å². The minimum Gasteiger partial charge on any atom is -0.319 e. The summed E-state index contributed by atoms with van der Waals surface area (Å²) in [6, 6.07) is 35.0. The Morgan fingerprint density at radius 1 is 0.724 bits per heavy atom. The first-order chi connectivity index (χ1) is 14.1. The largest absolute Gasteiger partial charge is 0.319 e. The first-order valence-corrected chi connectivity index (χ1v) is 11.3. The van der Waals surface area contributed by atoms with Gasteiger partial charge in [-0.25, -0.2) is 0 Å². The molecule has 0 bridgehead atoms. The van der Waals surface area contributed by atoms with Crippen molar-refractivity contribution in [3.8, 4) is 0 Å². The molecule has 3 heteroatoms. The normalized spacial score (nSPS) is 11.0. The predicted molar refractivity (Wildman–Crippen MR) is 127 cm³/mol. The highest BCUT2D eigenvalue weighted by Crippen LogP contribution is 2.35. The first-order valence-electron chi connectivity index (χ1n) is 9.98. The summed E-state index contributed by atoms with van der Waals surface area (Å²) in [5.74, 6) is 0. The minimum absolute atomic E-state index is 0.609. The highest BCUT2D eigenvalue weighted by Gasteiger charge is 2.23. The zero-order chi connectivity index (χ0) is 20.2. The second-order valence-corrected chi connectivity index (χ2v) is 9.62. The molecular weight excluding hydrogens is 371 g/mol. The maximum atomic E-state index is 2.42. The molecule has 4 rings (SSSR count). The van der Waals surface area contributed by atoms with Crippen LogP contribution in [0, 0.1) is 6.92 Å². The SMILES string of the molecule is Cc1c(P(c2ccccc2)c2ccccc2)cc(Cc2ccccc2)n1N(C)C. The van der Waals surface area contributed by atoms with Gasteiger partial charge in [0.1, 0.15) is 0 Å². The molecule has 29 heavy (non-hydrogen) atoms. The van der Waals surface area contributed by atoms with Gasteiger partial charge in [0.2, 0.25) is 0 Å². The maximum absolute atomic E-state index is 2.42. The molecule has 1 aromatic heterocycles. The summed E-state index contributed by atoms with van der Waals surface area (Å²) in [7, 11) is 3.64. The van der Waals surface area contributed by atoms with Crippen molar-refractivity contribution in [2.45, 2.75) is 13.3 Å². The van der Waals surface area contributed by atoms with E-state index in [-0.39, 0.29) is 0 Å². The lowest BCUT2D eigenvalue weighted by molar-refractivity contribution is 0.682. The molecule has 0 unspecified atom stereocenters. The molecule has 0 spiro atoms. The molecule has 0 fully saturated rings. The second-order valence-electron chi connectivity index (χ2n) is 7.43. The fourth-order valence-corrected chi connectivity index (χ4v) is 6.43. The Labute approximate surface area is 175 Å². The number of hydrogen-bond donors (Lipinski definition) is 0. The number of hydrogen-bond acceptors (Lipinski definition) is 1. The van der Waals surface area contributed by atoms with Gasteiger partial charge in [0.05, 0.1) is 0 Å². The van der Waals surface area contributed by atoms with Crippen LogP contribution in [0.1, 0.15) is 17.0 Å². The van der Waals surface area contributed by atoms with Crippen LogP contribution in [0.3, 0.4) is 0 Å². The average Bonchev–Trinajstić information content (AvgIpc) is 3.06. The van der Waals surface area contributed by atoms with E-state index in [2.05, 4.69) is 128 Å². The van der Waals surface area contributed by atoms with Crippen LogP contribution in [0.5, 0.6) is 0 Å². The standard InChI is InChI=1S/C26H27N2P/c1-21-26(20-23(28(21)27(2)3)19-22-13-7-4-8-14-22)29(24-15-9-5-10-16-24)25-17-11-6-12-18-25/h4-18,20H,19H2,1-3H3. The summed E-state index contributed by atoms with van der Waals surface area (Å²) in [5, 5.41) is 6.40. The summed E-state index contributed by atoms with van der Waals surface area (Å²) in [4.78, 5) is 0. The van der Waals surface area contributed by atoms with E-state index in [9.17, 15) is 0 Å². The number of rotatable bonds is 6. The molecule has 0 aliphatic heterocycles. The summed E-state index contributed by atoms with van der Waals surface area (Å²) in [6.07, 6.45) is 0.923. The van der Waals surface area contributed by atoms with Crippen LogP contribution in [0.15, 0.2) is 97.1 Å². The van der Waals surface area contributed by atoms with Crippen molar-refractivity contribution < 1.29 is 0 Å². The molecule has 0 aliphatic rings. The fraction of sp³-hybridized carbons (Fsp3) is 0.154. The average molecular weight is 398 g/mol. The quantitative estimate of drug-likeness (QED) is 0.439. The Morgan fingerprint density at radius 3 is 1.69 bits per heavy atom. The van der Waals surface area contributed by atoms with E-state index in [1.807, 2.05) is 0 Å². The summed E-state index contributed by atoms with van der Waals surface area (Å²) in [5.41, 5.74) is 3.98. The van der Waals surface area contributed by atoms with Crippen LogP contribution >= 0.6 is 7.92 Å². The van der Waals surface area contributed by atoms with Gasteiger partial charge in [-0.3, -0.25) is 4.68 Å². The topological polar surface area (TPSA) is 8.17 Å². The lowest BCUT2D eigenvalue weighted by Gasteiger charge is -2.23. The van der Waals surface area contributed by atoms with Gasteiger partial charge in [-0.2, -0.15) is 0 Å². The van der Waals surface area contributed by atoms with Crippen molar-refractivity contribution in [3.63, 3.8) is 0 Å². The molecule has 4 aromatic rings. The van der Waals surface area contributed by atoms with Gasteiger partial charge in [0.15, 0.2) is 0 Å². The van der Waals surface area contributed by atoms with Gasteiger partial charge in [-0.15, -0.1) is 0 Å². The van der Waals surface area contributed by atoms with E-state index in [0.717, 1.165) is 6.42 Å². The van der Waals surface area contributed by atoms with Gasteiger partial charge in [0.25, 0.3) is 0 Å². The molecule has 146 valence electrons. The highest BCUT2D eigenvalue weighted by atomic mass is 31.1. The van der Waals surface area contributed by atoms with Gasteiger partial charge < -0.3 is 5.01 Å². The van der Waals surface area contributed by atoms with Crippen LogP contribution < -0.4 is 20.9 Å². The van der Waals surface area contributed by atoms with E-state index in [0.29, 0.717) is 0 Å². The number of aromatic nitrogens is 1. The molecular formula is C26H27N2P. The molecule has 3 aromatic carbocycles. The molecule has 0 N–H and O–H groups in total. The molecule has 1 heterocycles. The number of benzene rings is 3. The summed E-state index contributed by atoms with van der Waals surface area (Å²) < 4.78 is 2.36. The third-order valence-electron chi connectivity index (χ3n) is 5.16. The molecule has 0 atom stereocenters. The Bertz CT molecular complexity index is 1010. The zero-order valence-electron chi connectivity index (χ0n) is 17.3. The van der Waals surface area contributed by atoms with E-state index >= 15 is 0 Å². The van der Waals surface area contributed by atoms with Gasteiger partial charge in [0, 0.05) is 37.2 Å². The van der Waals surface area contributed by atoms with Crippen LogP contribution in [-0.2, 0) is 6.42 Å². The zero-order valence-corrected chi connectivity index (χ0v) is 18.2. The van der Waals surface area contributed by atoms with Crippen LogP contribution in [0.25, 0.3) is 0 Å². The molecule has 0 amide bonds. The van der Waals surface area contributed by atoms with Gasteiger partial charge in [-0.1, -0.05) is 91.0 Å². The Morgan fingerprint density at radius 2 is 1.21 bits per heavy atom. The monoisotopic (exact) mass is 398 g/mol. The minimum atomic E-state index is -0.609. The summed E-state index contributed by atoms with van der Waals surface area (Å²) in [6.45, 7) is 2.26. The van der Waals surface area contributed by atoms with Crippen LogP contribution in [0.4, 0.5) is 0 Å². The van der Waals surface area contributed by atoms with E-state index < -0.39 is 7.92 Å². The highest BCUT2D eigenvalue weighted by molar-refractivity contribution is 7.79. The van der Waals surface area contributed by atoms with E-state index in [4.69, 9.17) is 0 Å². The Hall–Kier alpha value is -2.83. The van der Waals surface area contributed by atoms with Crippen molar-refractivity contribution in [3.05, 3.63) is 114 Å². The first kappa shape index (κ1) is 19.5. The summed E-state index contributed by atoms with van der Waals surface area (Å²) >= 11 is 0. The lowest BCUT2D eigenvalue weighted by Crippen LogP contribution is -2.29.